The highest BCUT2D eigenvalue weighted by molar-refractivity contribution is 6.03. The van der Waals surface area contributed by atoms with Crippen LogP contribution in [0.4, 0.5) is 41.0 Å². The molecule has 0 radical (unpaired) electrons. The van der Waals surface area contributed by atoms with Crippen molar-refractivity contribution in [3.8, 4) is 11.3 Å². The van der Waals surface area contributed by atoms with Gasteiger partial charge in [0, 0.05) is 37.4 Å². The van der Waals surface area contributed by atoms with Crippen LogP contribution in [0, 0.1) is 5.92 Å². The fourth-order valence-corrected chi connectivity index (χ4v) is 4.47. The summed E-state index contributed by atoms with van der Waals surface area (Å²) in [6.45, 7) is 1.42. The third-order valence-electron chi connectivity index (χ3n) is 6.27. The first-order valence-corrected chi connectivity index (χ1v) is 11.5. The molecule has 184 valence electrons. The van der Waals surface area contributed by atoms with Gasteiger partial charge < -0.3 is 20.0 Å². The van der Waals surface area contributed by atoms with Crippen molar-refractivity contribution in [1.82, 2.24) is 9.97 Å². The van der Waals surface area contributed by atoms with E-state index < -0.39 is 12.1 Å². The summed E-state index contributed by atoms with van der Waals surface area (Å²) < 4.78 is 45.3. The average Bonchev–Trinajstić information content (AvgIpc) is 3.31. The SMILES string of the molecule is O=C(Nc1cccc(-c2cnco2)c1)N1CCCNc2ccc(N3CCC[C@H](C(F)(F)F)C3)nc21. The quantitative estimate of drug-likeness (QED) is 0.518. The number of carbonyl (C=O) groups is 1. The van der Waals surface area contributed by atoms with Gasteiger partial charge in [0.15, 0.2) is 18.0 Å². The Bertz CT molecular complexity index is 1180. The number of hydrogen-bond acceptors (Lipinski definition) is 6. The van der Waals surface area contributed by atoms with Crippen molar-refractivity contribution in [1.29, 1.82) is 0 Å². The molecular weight excluding hydrogens is 461 g/mol. The first kappa shape index (κ1) is 23.0. The van der Waals surface area contributed by atoms with E-state index in [2.05, 4.69) is 20.6 Å². The molecule has 2 amide bonds. The summed E-state index contributed by atoms with van der Waals surface area (Å²) in [4.78, 5) is 25.1. The summed E-state index contributed by atoms with van der Waals surface area (Å²) in [5.74, 6) is 0.0333. The highest BCUT2D eigenvalue weighted by Crippen LogP contribution is 2.36. The van der Waals surface area contributed by atoms with Gasteiger partial charge in [0.05, 0.1) is 17.8 Å². The maximum atomic E-state index is 13.3. The zero-order valence-electron chi connectivity index (χ0n) is 18.9. The second-order valence-corrected chi connectivity index (χ2v) is 8.68. The lowest BCUT2D eigenvalue weighted by Gasteiger charge is -2.35. The molecule has 0 spiro atoms. The number of benzene rings is 1. The van der Waals surface area contributed by atoms with Crippen molar-refractivity contribution < 1.29 is 22.4 Å². The number of pyridine rings is 1. The summed E-state index contributed by atoms with van der Waals surface area (Å²) in [6.07, 6.45) is -0.0620. The number of carbonyl (C=O) groups excluding carboxylic acids is 1. The third kappa shape index (κ3) is 5.03. The number of halogens is 3. The number of anilines is 4. The topological polar surface area (TPSA) is 86.5 Å². The molecule has 2 aliphatic rings. The van der Waals surface area contributed by atoms with Gasteiger partial charge in [-0.1, -0.05) is 12.1 Å². The van der Waals surface area contributed by atoms with Gasteiger partial charge in [0.1, 0.15) is 5.82 Å². The smallest absolute Gasteiger partial charge is 0.393 e. The number of oxazole rings is 1. The molecule has 1 atom stereocenters. The average molecular weight is 486 g/mol. The zero-order valence-corrected chi connectivity index (χ0v) is 18.9. The van der Waals surface area contributed by atoms with Gasteiger partial charge in [0.25, 0.3) is 0 Å². The Balaban J connectivity index is 1.38. The van der Waals surface area contributed by atoms with E-state index in [0.29, 0.717) is 61.2 Å². The predicted molar refractivity (Wildman–Crippen MR) is 127 cm³/mol. The van der Waals surface area contributed by atoms with E-state index in [9.17, 15) is 18.0 Å². The second-order valence-electron chi connectivity index (χ2n) is 8.68. The van der Waals surface area contributed by atoms with Crippen LogP contribution in [0.1, 0.15) is 19.3 Å². The van der Waals surface area contributed by atoms with Crippen LogP contribution in [0.2, 0.25) is 0 Å². The van der Waals surface area contributed by atoms with Crippen LogP contribution in [-0.4, -0.2) is 48.4 Å². The van der Waals surface area contributed by atoms with E-state index in [0.717, 1.165) is 5.56 Å². The number of fused-ring (bicyclic) bond motifs is 1. The van der Waals surface area contributed by atoms with E-state index in [1.165, 1.54) is 11.3 Å². The first-order valence-electron chi connectivity index (χ1n) is 11.5. The third-order valence-corrected chi connectivity index (χ3v) is 6.27. The van der Waals surface area contributed by atoms with Crippen molar-refractivity contribution in [2.75, 3.05) is 46.6 Å². The highest BCUT2D eigenvalue weighted by atomic mass is 19.4. The monoisotopic (exact) mass is 486 g/mol. The molecule has 0 saturated carbocycles. The molecule has 3 aromatic rings. The molecule has 1 aromatic carbocycles. The van der Waals surface area contributed by atoms with E-state index in [-0.39, 0.29) is 19.0 Å². The van der Waals surface area contributed by atoms with Crippen LogP contribution < -0.4 is 20.4 Å². The molecule has 1 saturated heterocycles. The van der Waals surface area contributed by atoms with Gasteiger partial charge >= 0.3 is 12.2 Å². The van der Waals surface area contributed by atoms with Gasteiger partial charge in [-0.3, -0.25) is 4.90 Å². The molecule has 2 N–H and O–H groups in total. The Hall–Kier alpha value is -3.76. The van der Waals surface area contributed by atoms with Gasteiger partial charge in [-0.15, -0.1) is 0 Å². The van der Waals surface area contributed by atoms with Crippen molar-refractivity contribution in [3.05, 3.63) is 49.0 Å². The van der Waals surface area contributed by atoms with Crippen molar-refractivity contribution in [3.63, 3.8) is 0 Å². The number of piperidine rings is 1. The summed E-state index contributed by atoms with van der Waals surface area (Å²) in [5.41, 5.74) is 2.01. The molecule has 35 heavy (non-hydrogen) atoms. The lowest BCUT2D eigenvalue weighted by Crippen LogP contribution is -2.42. The van der Waals surface area contributed by atoms with Crippen LogP contribution >= 0.6 is 0 Å². The van der Waals surface area contributed by atoms with Crippen LogP contribution in [0.3, 0.4) is 0 Å². The number of urea groups is 1. The Morgan fingerprint density at radius 1 is 1.17 bits per heavy atom. The molecule has 0 bridgehead atoms. The van der Waals surface area contributed by atoms with E-state index >= 15 is 0 Å². The second kappa shape index (κ2) is 9.47. The number of hydrogen-bond donors (Lipinski definition) is 2. The molecular formula is C24H25F3N6O2. The van der Waals surface area contributed by atoms with Crippen molar-refractivity contribution >= 4 is 29.0 Å². The molecule has 5 rings (SSSR count). The van der Waals surface area contributed by atoms with Gasteiger partial charge in [-0.2, -0.15) is 13.2 Å². The summed E-state index contributed by atoms with van der Waals surface area (Å²) in [6, 6.07) is 10.3. The fraction of sp³-hybridized carbons (Fsp3) is 0.375. The number of rotatable bonds is 3. The van der Waals surface area contributed by atoms with Crippen LogP contribution in [0.25, 0.3) is 11.3 Å². The molecule has 0 aliphatic carbocycles. The maximum absolute atomic E-state index is 13.3. The lowest BCUT2D eigenvalue weighted by molar-refractivity contribution is -0.176. The summed E-state index contributed by atoms with van der Waals surface area (Å²) in [5, 5.41) is 6.17. The normalized spacial score (nSPS) is 18.4. The Kier molecular flexibility index (Phi) is 6.23. The standard InChI is InChI=1S/C24H25F3N6O2/c25-24(26,27)17-5-2-10-32(14-17)21-8-7-19-22(31-21)33(11-3-9-29-19)23(34)30-18-6-1-4-16(12-18)20-13-28-15-35-20/h1,4,6-8,12-13,15,17,29H,2-3,5,9-11,14H2,(H,30,34)/t17-/m0/s1. The maximum Gasteiger partial charge on any atom is 0.393 e. The molecule has 4 heterocycles. The summed E-state index contributed by atoms with van der Waals surface area (Å²) in [7, 11) is 0. The molecule has 2 aromatic heterocycles. The minimum absolute atomic E-state index is 0.119. The van der Waals surface area contributed by atoms with E-state index in [1.807, 2.05) is 6.07 Å². The van der Waals surface area contributed by atoms with E-state index in [1.54, 1.807) is 41.4 Å². The largest absolute Gasteiger partial charge is 0.444 e. The minimum atomic E-state index is -4.24. The molecule has 2 aliphatic heterocycles. The van der Waals surface area contributed by atoms with Crippen LogP contribution in [-0.2, 0) is 0 Å². The first-order chi connectivity index (χ1) is 16.9. The summed E-state index contributed by atoms with van der Waals surface area (Å²) >= 11 is 0. The predicted octanol–water partition coefficient (Wildman–Crippen LogP) is 5.37. The van der Waals surface area contributed by atoms with Crippen LogP contribution in [0.15, 0.2) is 53.4 Å². The Labute approximate surface area is 200 Å². The zero-order chi connectivity index (χ0) is 24.4. The Morgan fingerprint density at radius 3 is 2.86 bits per heavy atom. The van der Waals surface area contributed by atoms with Gasteiger partial charge in [0.2, 0.25) is 0 Å². The minimum Gasteiger partial charge on any atom is -0.444 e. The number of nitrogens with one attached hydrogen (secondary N) is 2. The van der Waals surface area contributed by atoms with Crippen LogP contribution in [0.5, 0.6) is 0 Å². The van der Waals surface area contributed by atoms with Crippen molar-refractivity contribution in [2.45, 2.75) is 25.4 Å². The fourth-order valence-electron chi connectivity index (χ4n) is 4.47. The number of amides is 2. The Morgan fingerprint density at radius 2 is 2.06 bits per heavy atom. The number of nitrogens with zero attached hydrogens (tertiary/aromatic N) is 4. The van der Waals surface area contributed by atoms with Crippen molar-refractivity contribution in [2.24, 2.45) is 5.92 Å². The number of alkyl halides is 3. The van der Waals surface area contributed by atoms with Gasteiger partial charge in [-0.05, 0) is 43.5 Å². The lowest BCUT2D eigenvalue weighted by atomic mass is 9.97. The highest BCUT2D eigenvalue weighted by Gasteiger charge is 2.42. The molecule has 0 unspecified atom stereocenters. The van der Waals surface area contributed by atoms with Gasteiger partial charge in [-0.25, -0.2) is 14.8 Å². The van der Waals surface area contributed by atoms with E-state index in [4.69, 9.17) is 4.42 Å². The molecule has 1 fully saturated rings. The number of aromatic nitrogens is 2. The molecule has 11 heteroatoms. The molecule has 8 nitrogen and oxygen atoms in total.